The fraction of sp³-hybridized carbons (Fsp3) is 0.650. The molecule has 0 bridgehead atoms. The number of amides is 1. The van der Waals surface area contributed by atoms with Crippen LogP contribution in [0, 0.1) is 0 Å². The van der Waals surface area contributed by atoms with Gasteiger partial charge in [-0.3, -0.25) is 9.69 Å². The zero-order chi connectivity index (χ0) is 17.8. The van der Waals surface area contributed by atoms with E-state index in [2.05, 4.69) is 35.9 Å². The minimum absolute atomic E-state index is 0.160. The van der Waals surface area contributed by atoms with Crippen LogP contribution in [0.15, 0.2) is 24.3 Å². The van der Waals surface area contributed by atoms with Crippen molar-refractivity contribution in [1.82, 2.24) is 14.7 Å². The topological polar surface area (TPSA) is 36.0 Å². The van der Waals surface area contributed by atoms with Gasteiger partial charge in [-0.1, -0.05) is 12.1 Å². The minimum Gasteiger partial charge on any atom is -0.381 e. The van der Waals surface area contributed by atoms with Crippen molar-refractivity contribution >= 4 is 5.91 Å². The number of piperazine rings is 1. The van der Waals surface area contributed by atoms with E-state index in [0.717, 1.165) is 57.7 Å². The van der Waals surface area contributed by atoms with E-state index in [1.165, 1.54) is 5.56 Å². The Balaban J connectivity index is 1.56. The van der Waals surface area contributed by atoms with Crippen LogP contribution in [0.3, 0.4) is 0 Å². The van der Waals surface area contributed by atoms with E-state index in [0.29, 0.717) is 6.10 Å². The van der Waals surface area contributed by atoms with Crippen molar-refractivity contribution in [2.24, 2.45) is 0 Å². The molecule has 3 rings (SSSR count). The molecule has 1 atom stereocenters. The molecule has 5 nitrogen and oxygen atoms in total. The van der Waals surface area contributed by atoms with Gasteiger partial charge < -0.3 is 14.5 Å². The number of carbonyl (C=O) groups is 1. The fourth-order valence-electron chi connectivity index (χ4n) is 3.92. The quantitative estimate of drug-likeness (QED) is 0.837. The van der Waals surface area contributed by atoms with E-state index in [9.17, 15) is 4.79 Å². The molecule has 1 aromatic carbocycles. The Labute approximate surface area is 151 Å². The van der Waals surface area contributed by atoms with Gasteiger partial charge in [0.25, 0.3) is 5.91 Å². The highest BCUT2D eigenvalue weighted by Gasteiger charge is 2.26. The molecule has 0 aliphatic carbocycles. The average Bonchev–Trinajstić information content (AvgIpc) is 2.62. The van der Waals surface area contributed by atoms with Gasteiger partial charge in [0.1, 0.15) is 0 Å². The first-order valence-corrected chi connectivity index (χ1v) is 9.40. The molecular weight excluding hydrogens is 314 g/mol. The van der Waals surface area contributed by atoms with Gasteiger partial charge in [-0.25, -0.2) is 0 Å². The second-order valence-corrected chi connectivity index (χ2v) is 7.52. The summed E-state index contributed by atoms with van der Waals surface area (Å²) < 4.78 is 5.43. The van der Waals surface area contributed by atoms with Gasteiger partial charge in [0.15, 0.2) is 0 Å². The Morgan fingerprint density at radius 2 is 1.80 bits per heavy atom. The molecule has 25 heavy (non-hydrogen) atoms. The van der Waals surface area contributed by atoms with Gasteiger partial charge >= 0.3 is 0 Å². The van der Waals surface area contributed by atoms with Crippen LogP contribution in [0.5, 0.6) is 0 Å². The molecule has 138 valence electrons. The number of likely N-dealkylation sites (N-methyl/N-ethyl adjacent to an activating group) is 1. The Kier molecular flexibility index (Phi) is 6.10. The Morgan fingerprint density at radius 1 is 1.12 bits per heavy atom. The molecule has 2 heterocycles. The van der Waals surface area contributed by atoms with Crippen LogP contribution in [0.2, 0.25) is 0 Å². The molecule has 2 fully saturated rings. The number of ether oxygens (including phenoxy) is 1. The van der Waals surface area contributed by atoms with Crippen LogP contribution in [0.4, 0.5) is 0 Å². The predicted octanol–water partition coefficient (Wildman–Crippen LogP) is 2.07. The van der Waals surface area contributed by atoms with Crippen LogP contribution in [0.25, 0.3) is 0 Å². The first-order valence-electron chi connectivity index (χ1n) is 9.40. The summed E-state index contributed by atoms with van der Waals surface area (Å²) in [4.78, 5) is 19.5. The van der Waals surface area contributed by atoms with Crippen LogP contribution in [-0.4, -0.2) is 79.6 Å². The Morgan fingerprint density at radius 3 is 2.40 bits per heavy atom. The lowest BCUT2D eigenvalue weighted by atomic mass is 10.1. The molecule has 0 N–H and O–H groups in total. The van der Waals surface area contributed by atoms with Gasteiger partial charge in [-0.05, 0) is 44.5 Å². The molecule has 1 amide bonds. The monoisotopic (exact) mass is 345 g/mol. The number of carbonyl (C=O) groups excluding carboxylic acids is 1. The molecule has 2 saturated heterocycles. The van der Waals surface area contributed by atoms with E-state index in [4.69, 9.17) is 4.74 Å². The van der Waals surface area contributed by atoms with E-state index in [1.54, 1.807) is 7.11 Å². The van der Waals surface area contributed by atoms with Crippen LogP contribution in [0.1, 0.15) is 35.7 Å². The lowest BCUT2D eigenvalue weighted by Gasteiger charge is -2.38. The highest BCUT2D eigenvalue weighted by atomic mass is 16.5. The van der Waals surface area contributed by atoms with Crippen molar-refractivity contribution < 1.29 is 9.53 Å². The zero-order valence-electron chi connectivity index (χ0n) is 15.8. The molecule has 1 unspecified atom stereocenters. The third-order valence-corrected chi connectivity index (χ3v) is 5.57. The summed E-state index contributed by atoms with van der Waals surface area (Å²) in [5.41, 5.74) is 2.08. The number of nitrogens with zero attached hydrogens (tertiary/aromatic N) is 3. The summed E-state index contributed by atoms with van der Waals surface area (Å²) in [6, 6.07) is 8.47. The fourth-order valence-corrected chi connectivity index (χ4v) is 3.92. The summed E-state index contributed by atoms with van der Waals surface area (Å²) in [5.74, 6) is 0.160. The zero-order valence-corrected chi connectivity index (χ0v) is 15.8. The van der Waals surface area contributed by atoms with Crippen molar-refractivity contribution in [3.05, 3.63) is 35.4 Å². The normalized spacial score (nSPS) is 23.8. The number of likely N-dealkylation sites (tertiary alicyclic amines) is 1. The lowest BCUT2D eigenvalue weighted by Crippen LogP contribution is -2.52. The highest BCUT2D eigenvalue weighted by molar-refractivity contribution is 5.94. The maximum absolute atomic E-state index is 12.8. The molecule has 2 aliphatic rings. The van der Waals surface area contributed by atoms with Crippen molar-refractivity contribution in [2.45, 2.75) is 38.5 Å². The smallest absolute Gasteiger partial charge is 0.254 e. The van der Waals surface area contributed by atoms with Crippen molar-refractivity contribution in [1.29, 1.82) is 0 Å². The highest BCUT2D eigenvalue weighted by Crippen LogP contribution is 2.17. The SMILES string of the molecule is COC1CCN(Cc2ccc(C(=O)N3CCN(C)CC3C)cc2)CC1. The van der Waals surface area contributed by atoms with Crippen molar-refractivity contribution in [3.8, 4) is 0 Å². The molecule has 1 aromatic rings. The Bertz CT molecular complexity index is 567. The van der Waals surface area contributed by atoms with Crippen molar-refractivity contribution in [2.75, 3.05) is 46.9 Å². The van der Waals surface area contributed by atoms with E-state index >= 15 is 0 Å². The largest absolute Gasteiger partial charge is 0.381 e. The number of methoxy groups -OCH3 is 1. The minimum atomic E-state index is 0.160. The predicted molar refractivity (Wildman–Crippen MR) is 99.7 cm³/mol. The lowest BCUT2D eigenvalue weighted by molar-refractivity contribution is 0.0388. The second-order valence-electron chi connectivity index (χ2n) is 7.52. The number of hydrogen-bond donors (Lipinski definition) is 0. The summed E-state index contributed by atoms with van der Waals surface area (Å²) >= 11 is 0. The summed E-state index contributed by atoms with van der Waals surface area (Å²) in [7, 11) is 3.92. The first-order chi connectivity index (χ1) is 12.1. The summed E-state index contributed by atoms with van der Waals surface area (Å²) in [6.07, 6.45) is 2.63. The third-order valence-electron chi connectivity index (χ3n) is 5.57. The van der Waals surface area contributed by atoms with E-state index < -0.39 is 0 Å². The van der Waals surface area contributed by atoms with Crippen LogP contribution < -0.4 is 0 Å². The second kappa shape index (κ2) is 8.30. The Hall–Kier alpha value is -1.43. The van der Waals surface area contributed by atoms with Crippen LogP contribution in [-0.2, 0) is 11.3 Å². The van der Waals surface area contributed by atoms with Gasteiger partial charge in [-0.2, -0.15) is 0 Å². The number of piperidine rings is 1. The molecular formula is C20H31N3O2. The molecule has 0 saturated carbocycles. The van der Waals surface area contributed by atoms with Crippen molar-refractivity contribution in [3.63, 3.8) is 0 Å². The number of rotatable bonds is 4. The molecule has 5 heteroatoms. The molecule has 0 radical (unpaired) electrons. The third kappa shape index (κ3) is 4.60. The molecule has 2 aliphatic heterocycles. The van der Waals surface area contributed by atoms with Gasteiger partial charge in [-0.15, -0.1) is 0 Å². The number of benzene rings is 1. The number of hydrogen-bond acceptors (Lipinski definition) is 4. The van der Waals surface area contributed by atoms with Gasteiger partial charge in [0, 0.05) is 58.0 Å². The summed E-state index contributed by atoms with van der Waals surface area (Å²) in [6.45, 7) is 7.96. The maximum atomic E-state index is 12.8. The van der Waals surface area contributed by atoms with Gasteiger partial charge in [0.2, 0.25) is 0 Å². The molecule has 0 aromatic heterocycles. The standard InChI is InChI=1S/C20H31N3O2/c1-16-14-21(2)12-13-23(16)20(24)18-6-4-17(5-7-18)15-22-10-8-19(25-3)9-11-22/h4-7,16,19H,8-15H2,1-3H3. The van der Waals surface area contributed by atoms with Gasteiger partial charge in [0.05, 0.1) is 6.10 Å². The maximum Gasteiger partial charge on any atom is 0.254 e. The first kappa shape index (κ1) is 18.4. The molecule has 0 spiro atoms. The van der Waals surface area contributed by atoms with E-state index in [-0.39, 0.29) is 11.9 Å². The van der Waals surface area contributed by atoms with E-state index in [1.807, 2.05) is 17.0 Å². The summed E-state index contributed by atoms with van der Waals surface area (Å²) in [5, 5.41) is 0. The van der Waals surface area contributed by atoms with Crippen LogP contribution >= 0.6 is 0 Å². The average molecular weight is 345 g/mol.